The number of aromatic nitrogens is 3. The number of anilines is 2. The minimum absolute atomic E-state index is 0.516. The van der Waals surface area contributed by atoms with Crippen LogP contribution in [0.4, 0.5) is 11.8 Å². The molecule has 142 valence electrons. The number of rotatable bonds is 2. The average Bonchev–Trinajstić information content (AvgIpc) is 3.16. The van der Waals surface area contributed by atoms with E-state index >= 15 is 0 Å². The topological polar surface area (TPSA) is 80.4 Å². The van der Waals surface area contributed by atoms with Crippen LogP contribution in [0.1, 0.15) is 24.8 Å². The Morgan fingerprint density at radius 3 is 2.46 bits per heavy atom. The van der Waals surface area contributed by atoms with E-state index in [1.54, 1.807) is 6.20 Å². The number of pyridine rings is 1. The maximum absolute atomic E-state index is 5.76. The standard InChI is InChI=1S/C13H18N6S.C5H10O/c1-9-8-15-11(14)7-10(9)12-16-13(17-20-12)19-5-3-18(2)4-6-19;1-2-4-6-5-3-1/h7-8H,3-6H2,1-2H3,(H2,14,15);1-5H2. The first-order valence-electron chi connectivity index (χ1n) is 9.21. The molecule has 0 atom stereocenters. The van der Waals surface area contributed by atoms with Crippen LogP contribution in [0.25, 0.3) is 10.6 Å². The molecule has 8 heteroatoms. The number of hydrogen-bond donors (Lipinski definition) is 1. The molecule has 0 amide bonds. The van der Waals surface area contributed by atoms with Gasteiger partial charge in [-0.15, -0.1) is 0 Å². The highest BCUT2D eigenvalue weighted by molar-refractivity contribution is 7.09. The molecule has 0 aromatic carbocycles. The molecule has 26 heavy (non-hydrogen) atoms. The highest BCUT2D eigenvalue weighted by Gasteiger charge is 2.19. The second-order valence-corrected chi connectivity index (χ2v) is 7.54. The second-order valence-electron chi connectivity index (χ2n) is 6.79. The number of piperazine rings is 1. The maximum atomic E-state index is 5.76. The molecule has 2 aromatic rings. The lowest BCUT2D eigenvalue weighted by atomic mass is 10.1. The van der Waals surface area contributed by atoms with Crippen molar-refractivity contribution in [2.45, 2.75) is 26.2 Å². The molecular weight excluding hydrogens is 348 g/mol. The van der Waals surface area contributed by atoms with Gasteiger partial charge in [0.15, 0.2) is 0 Å². The summed E-state index contributed by atoms with van der Waals surface area (Å²) in [6.07, 6.45) is 5.71. The van der Waals surface area contributed by atoms with Gasteiger partial charge in [0, 0.05) is 51.2 Å². The van der Waals surface area contributed by atoms with Crippen molar-refractivity contribution in [2.24, 2.45) is 0 Å². The lowest BCUT2D eigenvalue weighted by molar-refractivity contribution is 0.0968. The predicted octanol–water partition coefficient (Wildman–Crippen LogP) is 2.43. The number of likely N-dealkylation sites (N-methyl/N-ethyl adjacent to an activating group) is 1. The highest BCUT2D eigenvalue weighted by Crippen LogP contribution is 2.28. The zero-order chi connectivity index (χ0) is 18.4. The zero-order valence-electron chi connectivity index (χ0n) is 15.6. The first kappa shape index (κ1) is 19.0. The van der Waals surface area contributed by atoms with Gasteiger partial charge in [-0.1, -0.05) is 0 Å². The molecule has 2 saturated heterocycles. The lowest BCUT2D eigenvalue weighted by Crippen LogP contribution is -2.44. The van der Waals surface area contributed by atoms with Gasteiger partial charge in [-0.3, -0.25) is 0 Å². The monoisotopic (exact) mass is 376 g/mol. The van der Waals surface area contributed by atoms with Crippen molar-refractivity contribution in [1.29, 1.82) is 0 Å². The van der Waals surface area contributed by atoms with E-state index < -0.39 is 0 Å². The molecule has 2 N–H and O–H groups in total. The summed E-state index contributed by atoms with van der Waals surface area (Å²) < 4.78 is 9.56. The minimum atomic E-state index is 0.516. The van der Waals surface area contributed by atoms with Crippen LogP contribution in [-0.4, -0.2) is 65.7 Å². The lowest BCUT2D eigenvalue weighted by Gasteiger charge is -2.31. The molecular formula is C18H28N6OS. The molecule has 0 aliphatic carbocycles. The van der Waals surface area contributed by atoms with Gasteiger partial charge in [-0.05, 0) is 56.4 Å². The van der Waals surface area contributed by atoms with E-state index in [0.29, 0.717) is 5.82 Å². The van der Waals surface area contributed by atoms with Gasteiger partial charge in [0.25, 0.3) is 0 Å². The van der Waals surface area contributed by atoms with Crippen molar-refractivity contribution in [1.82, 2.24) is 19.2 Å². The summed E-state index contributed by atoms with van der Waals surface area (Å²) in [4.78, 5) is 13.3. The van der Waals surface area contributed by atoms with Gasteiger partial charge in [0.05, 0.1) is 0 Å². The molecule has 2 aliphatic rings. The van der Waals surface area contributed by atoms with Crippen molar-refractivity contribution in [3.8, 4) is 10.6 Å². The fourth-order valence-corrected chi connectivity index (χ4v) is 3.68. The van der Waals surface area contributed by atoms with Crippen LogP contribution < -0.4 is 10.6 Å². The number of nitrogens with zero attached hydrogens (tertiary/aromatic N) is 5. The molecule has 2 fully saturated rings. The maximum Gasteiger partial charge on any atom is 0.237 e. The highest BCUT2D eigenvalue weighted by atomic mass is 32.1. The predicted molar refractivity (Wildman–Crippen MR) is 107 cm³/mol. The molecule has 4 rings (SSSR count). The van der Waals surface area contributed by atoms with Crippen LogP contribution in [0, 0.1) is 6.92 Å². The Balaban J connectivity index is 0.000000278. The van der Waals surface area contributed by atoms with Gasteiger partial charge in [-0.25, -0.2) is 4.98 Å². The molecule has 0 unspecified atom stereocenters. The summed E-state index contributed by atoms with van der Waals surface area (Å²) in [5.74, 6) is 1.34. The summed E-state index contributed by atoms with van der Waals surface area (Å²) in [5, 5.41) is 0.908. The van der Waals surface area contributed by atoms with Gasteiger partial charge >= 0.3 is 0 Å². The van der Waals surface area contributed by atoms with E-state index in [1.165, 1.54) is 30.8 Å². The van der Waals surface area contributed by atoms with Gasteiger partial charge in [-0.2, -0.15) is 9.36 Å². The number of ether oxygens (including phenoxy) is 1. The summed E-state index contributed by atoms with van der Waals surface area (Å²) in [5.41, 5.74) is 7.85. The third-order valence-electron chi connectivity index (χ3n) is 4.63. The smallest absolute Gasteiger partial charge is 0.237 e. The van der Waals surface area contributed by atoms with E-state index in [2.05, 4.69) is 31.2 Å². The van der Waals surface area contributed by atoms with Crippen LogP contribution >= 0.6 is 11.5 Å². The summed E-state index contributed by atoms with van der Waals surface area (Å²) >= 11 is 1.42. The Morgan fingerprint density at radius 2 is 1.85 bits per heavy atom. The van der Waals surface area contributed by atoms with Crippen LogP contribution in [0.5, 0.6) is 0 Å². The average molecular weight is 377 g/mol. The van der Waals surface area contributed by atoms with Crippen molar-refractivity contribution in [3.63, 3.8) is 0 Å². The Hall–Kier alpha value is -1.77. The SMILES string of the molecule is C1CCOCC1.Cc1cnc(N)cc1-c1nc(N2CCN(C)CC2)ns1. The molecule has 0 saturated carbocycles. The third-order valence-corrected chi connectivity index (χ3v) is 5.37. The number of nitrogen functional groups attached to an aromatic ring is 1. The van der Waals surface area contributed by atoms with E-state index in [4.69, 9.17) is 10.5 Å². The quantitative estimate of drug-likeness (QED) is 0.862. The number of nitrogens with two attached hydrogens (primary N) is 1. The molecule has 4 heterocycles. The van der Waals surface area contributed by atoms with Crippen molar-refractivity contribution in [2.75, 3.05) is 57.1 Å². The summed E-state index contributed by atoms with van der Waals surface area (Å²) in [6, 6.07) is 1.86. The molecule has 0 spiro atoms. The summed E-state index contributed by atoms with van der Waals surface area (Å²) in [7, 11) is 2.14. The Labute approximate surface area is 159 Å². The number of hydrogen-bond acceptors (Lipinski definition) is 8. The second kappa shape index (κ2) is 9.25. The molecule has 2 aliphatic heterocycles. The Morgan fingerprint density at radius 1 is 1.12 bits per heavy atom. The number of aryl methyl sites for hydroxylation is 1. The molecule has 0 radical (unpaired) electrons. The Bertz CT molecular complexity index is 683. The van der Waals surface area contributed by atoms with Crippen LogP contribution in [0.3, 0.4) is 0 Å². The van der Waals surface area contributed by atoms with Gasteiger partial charge in [0.1, 0.15) is 10.8 Å². The largest absolute Gasteiger partial charge is 0.384 e. The molecule has 0 bridgehead atoms. The van der Waals surface area contributed by atoms with Gasteiger partial charge < -0.3 is 20.3 Å². The van der Waals surface area contributed by atoms with E-state index in [0.717, 1.165) is 61.5 Å². The van der Waals surface area contributed by atoms with Crippen LogP contribution in [-0.2, 0) is 4.74 Å². The molecule has 7 nitrogen and oxygen atoms in total. The van der Waals surface area contributed by atoms with Crippen LogP contribution in [0.15, 0.2) is 12.3 Å². The molecule has 2 aromatic heterocycles. The normalized spacial score (nSPS) is 18.3. The minimum Gasteiger partial charge on any atom is -0.384 e. The fourth-order valence-electron chi connectivity index (χ4n) is 2.92. The van der Waals surface area contributed by atoms with E-state index in [9.17, 15) is 0 Å². The first-order chi connectivity index (χ1) is 12.6. The van der Waals surface area contributed by atoms with Crippen LogP contribution in [0.2, 0.25) is 0 Å². The van der Waals surface area contributed by atoms with Crippen molar-refractivity contribution >= 4 is 23.3 Å². The van der Waals surface area contributed by atoms with Gasteiger partial charge in [0.2, 0.25) is 5.95 Å². The van der Waals surface area contributed by atoms with Crippen molar-refractivity contribution in [3.05, 3.63) is 17.8 Å². The summed E-state index contributed by atoms with van der Waals surface area (Å²) in [6.45, 7) is 8.07. The zero-order valence-corrected chi connectivity index (χ0v) is 16.5. The fraction of sp³-hybridized carbons (Fsp3) is 0.611. The Kier molecular flexibility index (Phi) is 6.76. The van der Waals surface area contributed by atoms with Crippen molar-refractivity contribution < 1.29 is 4.74 Å². The third kappa shape index (κ3) is 5.12. The first-order valence-corrected chi connectivity index (χ1v) is 9.98. The van der Waals surface area contributed by atoms with E-state index in [-0.39, 0.29) is 0 Å². The van der Waals surface area contributed by atoms with E-state index in [1.807, 2.05) is 13.0 Å².